The lowest BCUT2D eigenvalue weighted by Gasteiger charge is -2.19. The van der Waals surface area contributed by atoms with Crippen molar-refractivity contribution in [1.82, 2.24) is 9.97 Å². The fourth-order valence-electron chi connectivity index (χ4n) is 2.70. The summed E-state index contributed by atoms with van der Waals surface area (Å²) in [5, 5.41) is 20.4. The number of nitrogens with one attached hydrogen (secondary N) is 1. The molecule has 0 fully saturated rings. The highest BCUT2D eigenvalue weighted by Crippen LogP contribution is 2.30. The molecule has 0 atom stereocenters. The SMILES string of the molecule is CC(C)(O)c1cc(C#N)cc(-c2cnc3[nH]cc(/C=C/C(N)=O)c3c2)c1. The molecule has 0 saturated carbocycles. The minimum atomic E-state index is -1.07. The number of fused-ring (bicyclic) bond motifs is 1. The lowest BCUT2D eigenvalue weighted by molar-refractivity contribution is -0.113. The van der Waals surface area contributed by atoms with Gasteiger partial charge in [-0.15, -0.1) is 0 Å². The molecule has 2 aromatic heterocycles. The second-order valence-corrected chi connectivity index (χ2v) is 6.57. The Kier molecular flexibility index (Phi) is 4.33. The van der Waals surface area contributed by atoms with Crippen molar-refractivity contribution in [3.63, 3.8) is 0 Å². The van der Waals surface area contributed by atoms with Crippen molar-refractivity contribution < 1.29 is 9.90 Å². The third kappa shape index (κ3) is 3.48. The van der Waals surface area contributed by atoms with E-state index in [0.717, 1.165) is 22.1 Å². The van der Waals surface area contributed by atoms with E-state index >= 15 is 0 Å². The van der Waals surface area contributed by atoms with Gasteiger partial charge in [-0.2, -0.15) is 5.26 Å². The summed E-state index contributed by atoms with van der Waals surface area (Å²) in [5.74, 6) is -0.528. The Bertz CT molecular complexity index is 1070. The summed E-state index contributed by atoms with van der Waals surface area (Å²) < 4.78 is 0. The summed E-state index contributed by atoms with van der Waals surface area (Å²) in [6, 6.07) is 9.32. The maximum Gasteiger partial charge on any atom is 0.241 e. The molecule has 26 heavy (non-hydrogen) atoms. The summed E-state index contributed by atoms with van der Waals surface area (Å²) in [6.07, 6.45) is 6.36. The van der Waals surface area contributed by atoms with Crippen LogP contribution in [-0.4, -0.2) is 21.0 Å². The van der Waals surface area contributed by atoms with Gasteiger partial charge in [-0.25, -0.2) is 4.98 Å². The van der Waals surface area contributed by atoms with E-state index in [1.807, 2.05) is 12.1 Å². The molecule has 0 saturated heterocycles. The normalized spacial score (nSPS) is 11.8. The Morgan fingerprint density at radius 2 is 2.08 bits per heavy atom. The third-order valence-electron chi connectivity index (χ3n) is 4.09. The highest BCUT2D eigenvalue weighted by Gasteiger charge is 2.18. The van der Waals surface area contributed by atoms with E-state index in [4.69, 9.17) is 5.73 Å². The zero-order valence-corrected chi connectivity index (χ0v) is 14.4. The first-order chi connectivity index (χ1) is 12.3. The number of hydrogen-bond acceptors (Lipinski definition) is 4. The molecule has 0 aliphatic rings. The fraction of sp³-hybridized carbons (Fsp3) is 0.150. The predicted octanol–water partition coefficient (Wildman–Crippen LogP) is 2.83. The van der Waals surface area contributed by atoms with Crippen LogP contribution in [0.15, 0.2) is 42.7 Å². The molecule has 1 amide bonds. The monoisotopic (exact) mass is 346 g/mol. The van der Waals surface area contributed by atoms with Crippen molar-refractivity contribution in [2.45, 2.75) is 19.4 Å². The molecule has 0 aliphatic carbocycles. The first kappa shape index (κ1) is 17.4. The summed E-state index contributed by atoms with van der Waals surface area (Å²) in [6.45, 7) is 3.35. The van der Waals surface area contributed by atoms with Gasteiger partial charge in [-0.3, -0.25) is 4.79 Å². The number of nitrogens with two attached hydrogens (primary N) is 1. The topological polar surface area (TPSA) is 116 Å². The summed E-state index contributed by atoms with van der Waals surface area (Å²) in [4.78, 5) is 18.4. The molecule has 3 aromatic rings. The summed E-state index contributed by atoms with van der Waals surface area (Å²) in [5.41, 5.74) is 8.24. The van der Waals surface area contributed by atoms with Gasteiger partial charge in [0.1, 0.15) is 5.65 Å². The van der Waals surface area contributed by atoms with Gasteiger partial charge in [0.05, 0.1) is 17.2 Å². The molecule has 0 aliphatic heterocycles. The lowest BCUT2D eigenvalue weighted by Crippen LogP contribution is -2.15. The van der Waals surface area contributed by atoms with Gasteiger partial charge >= 0.3 is 0 Å². The van der Waals surface area contributed by atoms with E-state index in [2.05, 4.69) is 16.0 Å². The van der Waals surface area contributed by atoms with Crippen LogP contribution in [0.4, 0.5) is 0 Å². The zero-order valence-electron chi connectivity index (χ0n) is 14.4. The van der Waals surface area contributed by atoms with E-state index in [9.17, 15) is 15.2 Å². The average Bonchev–Trinajstić information content (AvgIpc) is 3.01. The molecule has 6 heteroatoms. The standard InChI is InChI=1S/C20H18N4O2/c1-20(2,26)16-6-12(9-21)5-14(7-16)15-8-17-13(3-4-18(22)25)10-23-19(17)24-11-15/h3-8,10-11,26H,1-2H3,(H2,22,25)(H,23,24)/b4-3+. The van der Waals surface area contributed by atoms with Gasteiger partial charge in [0, 0.05) is 35.0 Å². The van der Waals surface area contributed by atoms with Gasteiger partial charge in [-0.05, 0) is 55.3 Å². The minimum absolute atomic E-state index is 0.461. The first-order valence-electron chi connectivity index (χ1n) is 8.01. The molecule has 0 bridgehead atoms. The van der Waals surface area contributed by atoms with Crippen LogP contribution >= 0.6 is 0 Å². The summed E-state index contributed by atoms with van der Waals surface area (Å²) in [7, 11) is 0. The van der Waals surface area contributed by atoms with E-state index in [0.29, 0.717) is 16.8 Å². The Hall–Kier alpha value is -3.43. The maximum absolute atomic E-state index is 11.0. The summed E-state index contributed by atoms with van der Waals surface area (Å²) >= 11 is 0. The van der Waals surface area contributed by atoms with Crippen LogP contribution < -0.4 is 5.73 Å². The number of primary amides is 1. The number of amides is 1. The lowest BCUT2D eigenvalue weighted by atomic mass is 9.92. The first-order valence-corrected chi connectivity index (χ1v) is 8.01. The second-order valence-electron chi connectivity index (χ2n) is 6.57. The van der Waals surface area contributed by atoms with Crippen LogP contribution in [0, 0.1) is 11.3 Å². The molecule has 130 valence electrons. The van der Waals surface area contributed by atoms with Crippen LogP contribution in [0.2, 0.25) is 0 Å². The number of H-pyrrole nitrogens is 1. The second kappa shape index (κ2) is 6.47. The van der Waals surface area contributed by atoms with Gasteiger partial charge < -0.3 is 15.8 Å². The van der Waals surface area contributed by atoms with Crippen molar-refractivity contribution in [3.05, 3.63) is 59.4 Å². The molecule has 0 radical (unpaired) electrons. The number of carbonyl (C=O) groups is 1. The highest BCUT2D eigenvalue weighted by molar-refractivity contribution is 5.95. The number of carbonyl (C=O) groups excluding carboxylic acids is 1. The predicted molar refractivity (Wildman–Crippen MR) is 99.7 cm³/mol. The highest BCUT2D eigenvalue weighted by atomic mass is 16.3. The van der Waals surface area contributed by atoms with Crippen molar-refractivity contribution in [3.8, 4) is 17.2 Å². The van der Waals surface area contributed by atoms with Crippen molar-refractivity contribution in [2.75, 3.05) is 0 Å². The van der Waals surface area contributed by atoms with Crippen molar-refractivity contribution >= 4 is 23.0 Å². The molecule has 4 N–H and O–H groups in total. The molecule has 0 unspecified atom stereocenters. The number of rotatable bonds is 4. The Labute approximate surface area is 150 Å². The quantitative estimate of drug-likeness (QED) is 0.630. The Morgan fingerprint density at radius 1 is 1.31 bits per heavy atom. The molecular formula is C20H18N4O2. The molecule has 1 aromatic carbocycles. The van der Waals surface area contributed by atoms with E-state index in [1.165, 1.54) is 6.08 Å². The number of benzene rings is 1. The molecule has 2 heterocycles. The van der Waals surface area contributed by atoms with Gasteiger partial charge in [-0.1, -0.05) is 0 Å². The smallest absolute Gasteiger partial charge is 0.241 e. The molecule has 6 nitrogen and oxygen atoms in total. The van der Waals surface area contributed by atoms with Gasteiger partial charge in [0.2, 0.25) is 5.91 Å². The number of hydrogen-bond donors (Lipinski definition) is 3. The van der Waals surface area contributed by atoms with Crippen LogP contribution in [0.25, 0.3) is 28.2 Å². The average molecular weight is 346 g/mol. The van der Waals surface area contributed by atoms with Crippen molar-refractivity contribution in [2.24, 2.45) is 5.73 Å². The number of aromatic amines is 1. The Balaban J connectivity index is 2.15. The van der Waals surface area contributed by atoms with Crippen molar-refractivity contribution in [1.29, 1.82) is 5.26 Å². The molecular weight excluding hydrogens is 328 g/mol. The van der Waals surface area contributed by atoms with Crippen LogP contribution in [0.5, 0.6) is 0 Å². The number of aliphatic hydroxyl groups is 1. The van der Waals surface area contributed by atoms with Crippen LogP contribution in [0.1, 0.15) is 30.5 Å². The fourth-order valence-corrected chi connectivity index (χ4v) is 2.70. The number of nitriles is 1. The van der Waals surface area contributed by atoms with E-state index < -0.39 is 11.5 Å². The zero-order chi connectivity index (χ0) is 18.9. The van der Waals surface area contributed by atoms with Crippen LogP contribution in [0.3, 0.4) is 0 Å². The number of nitrogens with zero attached hydrogens (tertiary/aromatic N) is 2. The minimum Gasteiger partial charge on any atom is -0.386 e. The Morgan fingerprint density at radius 3 is 2.73 bits per heavy atom. The van der Waals surface area contributed by atoms with Gasteiger partial charge in [0.15, 0.2) is 0 Å². The molecule has 0 spiro atoms. The van der Waals surface area contributed by atoms with Crippen LogP contribution in [-0.2, 0) is 10.4 Å². The molecule has 3 rings (SSSR count). The van der Waals surface area contributed by atoms with E-state index in [-0.39, 0.29) is 0 Å². The number of pyridine rings is 1. The van der Waals surface area contributed by atoms with E-state index in [1.54, 1.807) is 44.4 Å². The maximum atomic E-state index is 11.0. The number of aromatic nitrogens is 2. The van der Waals surface area contributed by atoms with Gasteiger partial charge in [0.25, 0.3) is 0 Å². The third-order valence-corrected chi connectivity index (χ3v) is 4.09. The largest absolute Gasteiger partial charge is 0.386 e.